The van der Waals surface area contributed by atoms with Gasteiger partial charge in [-0.25, -0.2) is 4.99 Å². The summed E-state index contributed by atoms with van der Waals surface area (Å²) in [6, 6.07) is 21.1. The number of guanidine groups is 1. The van der Waals surface area contributed by atoms with Gasteiger partial charge in [-0.1, -0.05) is 60.7 Å². The fraction of sp³-hybridized carbons (Fsp3) is 0.462. The lowest BCUT2D eigenvalue weighted by molar-refractivity contribution is -0.119. The van der Waals surface area contributed by atoms with Crippen LogP contribution in [0.4, 0.5) is 0 Å². The number of likely N-dealkylation sites (tertiary alicyclic amines) is 1. The fourth-order valence-corrected chi connectivity index (χ4v) is 4.56. The summed E-state index contributed by atoms with van der Waals surface area (Å²) in [5.41, 5.74) is 2.54. The molecule has 2 aliphatic rings. The van der Waals surface area contributed by atoms with Crippen LogP contribution in [0.25, 0.3) is 0 Å². The third-order valence-corrected chi connectivity index (χ3v) is 6.23. The molecule has 2 fully saturated rings. The van der Waals surface area contributed by atoms with E-state index in [4.69, 9.17) is 4.74 Å². The van der Waals surface area contributed by atoms with E-state index in [0.29, 0.717) is 12.6 Å². The Morgan fingerprint density at radius 3 is 2.48 bits per heavy atom. The SMILES string of the molecule is CCNC(=NCC(=O)NCCc1ccccc1)N1CC2OCCN(Cc3ccccc3)C2C1. The Hall–Kier alpha value is -2.90. The van der Waals surface area contributed by atoms with E-state index in [1.54, 1.807) is 0 Å². The molecular weight excluding hydrogens is 414 g/mol. The number of rotatable bonds is 8. The quantitative estimate of drug-likeness (QED) is 0.476. The maximum absolute atomic E-state index is 12.4. The van der Waals surface area contributed by atoms with E-state index in [-0.39, 0.29) is 18.6 Å². The predicted molar refractivity (Wildman–Crippen MR) is 131 cm³/mol. The molecule has 0 saturated carbocycles. The number of ether oxygens (including phenoxy) is 1. The summed E-state index contributed by atoms with van der Waals surface area (Å²) in [4.78, 5) is 21.8. The second-order valence-electron chi connectivity index (χ2n) is 8.59. The minimum atomic E-state index is -0.0556. The summed E-state index contributed by atoms with van der Waals surface area (Å²) in [5.74, 6) is 0.730. The van der Waals surface area contributed by atoms with E-state index < -0.39 is 0 Å². The van der Waals surface area contributed by atoms with Crippen molar-refractivity contribution in [2.45, 2.75) is 32.0 Å². The maximum Gasteiger partial charge on any atom is 0.241 e. The van der Waals surface area contributed by atoms with Crippen molar-refractivity contribution in [1.29, 1.82) is 0 Å². The molecule has 4 rings (SSSR count). The van der Waals surface area contributed by atoms with Crippen LogP contribution in [0.3, 0.4) is 0 Å². The van der Waals surface area contributed by atoms with Crippen LogP contribution in [-0.2, 0) is 22.5 Å². The molecule has 0 aliphatic carbocycles. The average Bonchev–Trinajstić information content (AvgIpc) is 3.28. The van der Waals surface area contributed by atoms with Gasteiger partial charge in [0.25, 0.3) is 0 Å². The number of hydrogen-bond acceptors (Lipinski definition) is 4. The second-order valence-corrected chi connectivity index (χ2v) is 8.59. The monoisotopic (exact) mass is 449 g/mol. The van der Waals surface area contributed by atoms with Gasteiger partial charge in [0.15, 0.2) is 5.96 Å². The van der Waals surface area contributed by atoms with Crippen molar-refractivity contribution in [1.82, 2.24) is 20.4 Å². The van der Waals surface area contributed by atoms with E-state index in [0.717, 1.165) is 51.7 Å². The van der Waals surface area contributed by atoms with Crippen molar-refractivity contribution in [2.24, 2.45) is 4.99 Å². The number of nitrogens with zero attached hydrogens (tertiary/aromatic N) is 3. The van der Waals surface area contributed by atoms with Crippen LogP contribution in [0.15, 0.2) is 65.7 Å². The van der Waals surface area contributed by atoms with E-state index >= 15 is 0 Å². The van der Waals surface area contributed by atoms with Gasteiger partial charge in [-0.15, -0.1) is 0 Å². The molecule has 2 aromatic carbocycles. The molecule has 1 amide bonds. The standard InChI is InChI=1S/C26H35N5O2/c1-2-27-26(29-17-25(32)28-14-13-21-9-5-3-6-10-21)31-19-23-24(20-31)33-16-15-30(23)18-22-11-7-4-8-12-22/h3-12,23-24H,2,13-20H2,1H3,(H,27,29)(H,28,32). The second kappa shape index (κ2) is 11.8. The molecule has 33 heavy (non-hydrogen) atoms. The van der Waals surface area contributed by atoms with E-state index in [1.807, 2.05) is 18.2 Å². The van der Waals surface area contributed by atoms with Crippen LogP contribution in [0.2, 0.25) is 0 Å². The molecule has 2 unspecified atom stereocenters. The Labute approximate surface area is 196 Å². The molecule has 7 heteroatoms. The largest absolute Gasteiger partial charge is 0.373 e. The highest BCUT2D eigenvalue weighted by Crippen LogP contribution is 2.24. The smallest absolute Gasteiger partial charge is 0.241 e. The minimum Gasteiger partial charge on any atom is -0.373 e. The first-order valence-electron chi connectivity index (χ1n) is 12.0. The molecule has 0 bridgehead atoms. The lowest BCUT2D eigenvalue weighted by Crippen LogP contribution is -2.50. The van der Waals surface area contributed by atoms with Crippen molar-refractivity contribution in [3.05, 3.63) is 71.8 Å². The first kappa shape index (κ1) is 23.3. The maximum atomic E-state index is 12.4. The van der Waals surface area contributed by atoms with E-state index in [2.05, 4.69) is 74.8 Å². The summed E-state index contributed by atoms with van der Waals surface area (Å²) in [5, 5.41) is 6.34. The predicted octanol–water partition coefficient (Wildman–Crippen LogP) is 1.90. The molecule has 0 spiro atoms. The summed E-state index contributed by atoms with van der Waals surface area (Å²) in [6.07, 6.45) is 0.978. The molecule has 176 valence electrons. The number of hydrogen-bond donors (Lipinski definition) is 2. The van der Waals surface area contributed by atoms with Gasteiger partial charge >= 0.3 is 0 Å². The van der Waals surface area contributed by atoms with Crippen LogP contribution < -0.4 is 10.6 Å². The third-order valence-electron chi connectivity index (χ3n) is 6.23. The van der Waals surface area contributed by atoms with Gasteiger partial charge in [0.05, 0.1) is 18.8 Å². The number of aliphatic imine (C=N–C) groups is 1. The Morgan fingerprint density at radius 1 is 1.03 bits per heavy atom. The highest BCUT2D eigenvalue weighted by Gasteiger charge is 2.41. The Kier molecular flexibility index (Phi) is 8.33. The van der Waals surface area contributed by atoms with Gasteiger partial charge in [0, 0.05) is 39.3 Å². The van der Waals surface area contributed by atoms with Crippen molar-refractivity contribution in [3.8, 4) is 0 Å². The number of carbonyl (C=O) groups is 1. The van der Waals surface area contributed by atoms with Gasteiger partial charge < -0.3 is 20.3 Å². The van der Waals surface area contributed by atoms with Crippen LogP contribution in [0.1, 0.15) is 18.1 Å². The number of benzene rings is 2. The van der Waals surface area contributed by atoms with Gasteiger partial charge in [0.2, 0.25) is 5.91 Å². The van der Waals surface area contributed by atoms with E-state index in [1.165, 1.54) is 11.1 Å². The molecule has 2 saturated heterocycles. The molecule has 0 aromatic heterocycles. The van der Waals surface area contributed by atoms with Gasteiger partial charge in [0.1, 0.15) is 6.54 Å². The van der Waals surface area contributed by atoms with Gasteiger partial charge in [-0.2, -0.15) is 0 Å². The van der Waals surface area contributed by atoms with Gasteiger partial charge in [-0.05, 0) is 24.5 Å². The lowest BCUT2D eigenvalue weighted by atomic mass is 10.1. The number of fused-ring (bicyclic) bond motifs is 1. The molecule has 2 heterocycles. The molecule has 7 nitrogen and oxygen atoms in total. The van der Waals surface area contributed by atoms with Crippen LogP contribution in [0, 0.1) is 0 Å². The number of morpholine rings is 1. The first-order valence-corrected chi connectivity index (χ1v) is 12.0. The van der Waals surface area contributed by atoms with Crippen LogP contribution in [-0.4, -0.2) is 79.7 Å². The van der Waals surface area contributed by atoms with Crippen molar-refractivity contribution in [3.63, 3.8) is 0 Å². The first-order chi connectivity index (χ1) is 16.2. The topological polar surface area (TPSA) is 69.2 Å². The fourth-order valence-electron chi connectivity index (χ4n) is 4.56. The summed E-state index contributed by atoms with van der Waals surface area (Å²) in [7, 11) is 0. The Morgan fingerprint density at radius 2 is 1.76 bits per heavy atom. The van der Waals surface area contributed by atoms with Crippen molar-refractivity contribution >= 4 is 11.9 Å². The Balaban J connectivity index is 1.31. The number of amides is 1. The van der Waals surface area contributed by atoms with Crippen LogP contribution in [0.5, 0.6) is 0 Å². The third kappa shape index (κ3) is 6.55. The summed E-state index contributed by atoms with van der Waals surface area (Å²) in [6.45, 7) is 7.79. The zero-order chi connectivity index (χ0) is 22.9. The molecule has 2 N–H and O–H groups in total. The average molecular weight is 450 g/mol. The van der Waals surface area contributed by atoms with Gasteiger partial charge in [-0.3, -0.25) is 9.69 Å². The molecule has 2 atom stereocenters. The number of carbonyl (C=O) groups excluding carboxylic acids is 1. The van der Waals surface area contributed by atoms with Crippen molar-refractivity contribution in [2.75, 3.05) is 45.9 Å². The Bertz CT molecular complexity index is 905. The molecule has 2 aliphatic heterocycles. The summed E-state index contributed by atoms with van der Waals surface area (Å²) < 4.78 is 6.10. The molecular formula is C26H35N5O2. The van der Waals surface area contributed by atoms with E-state index in [9.17, 15) is 4.79 Å². The minimum absolute atomic E-state index is 0.0556. The van der Waals surface area contributed by atoms with Crippen molar-refractivity contribution < 1.29 is 9.53 Å². The van der Waals surface area contributed by atoms with Crippen LogP contribution >= 0.6 is 0 Å². The highest BCUT2D eigenvalue weighted by molar-refractivity contribution is 5.85. The zero-order valence-corrected chi connectivity index (χ0v) is 19.5. The summed E-state index contributed by atoms with van der Waals surface area (Å²) >= 11 is 0. The molecule has 0 radical (unpaired) electrons. The lowest BCUT2D eigenvalue weighted by Gasteiger charge is -2.36. The highest BCUT2D eigenvalue weighted by atomic mass is 16.5. The zero-order valence-electron chi connectivity index (χ0n) is 19.5. The molecule has 2 aromatic rings. The number of nitrogens with one attached hydrogen (secondary N) is 2. The normalized spacial score (nSPS) is 21.0.